The highest BCUT2D eigenvalue weighted by atomic mass is 16.2. The molecule has 1 fully saturated rings. The summed E-state index contributed by atoms with van der Waals surface area (Å²) < 4.78 is 3.28. The number of aryl methyl sites for hydroxylation is 3. The number of aromatic nitrogens is 4. The number of nitrogens with zero attached hydrogens (tertiary/aromatic N) is 4. The number of rotatable bonds is 3. The highest BCUT2D eigenvalue weighted by Gasteiger charge is 2.26. The standard InChI is InChI=1S/C19H25N5O2/c1-23-17(10-11-20-23)19(26)21-14-6-8-15(9-7-14)24-18(25)12-13-4-2-3-5-16(13)22-24/h10-12,14-15H,2-9H2,1H3,(H,21,26). The lowest BCUT2D eigenvalue weighted by molar-refractivity contribution is 0.0911. The first-order valence-corrected chi connectivity index (χ1v) is 9.52. The Morgan fingerprint density at radius 2 is 1.96 bits per heavy atom. The Labute approximate surface area is 152 Å². The summed E-state index contributed by atoms with van der Waals surface area (Å²) >= 11 is 0. The summed E-state index contributed by atoms with van der Waals surface area (Å²) in [6, 6.07) is 3.79. The van der Waals surface area contributed by atoms with Gasteiger partial charge in [0, 0.05) is 25.4 Å². The molecule has 2 heterocycles. The number of hydrogen-bond donors (Lipinski definition) is 1. The number of nitrogens with one attached hydrogen (secondary N) is 1. The predicted molar refractivity (Wildman–Crippen MR) is 97.1 cm³/mol. The number of amides is 1. The first-order chi connectivity index (χ1) is 12.6. The molecule has 0 radical (unpaired) electrons. The zero-order valence-electron chi connectivity index (χ0n) is 15.1. The van der Waals surface area contributed by atoms with Crippen LogP contribution in [0.15, 0.2) is 23.1 Å². The van der Waals surface area contributed by atoms with Crippen LogP contribution in [-0.4, -0.2) is 31.5 Å². The Balaban J connectivity index is 1.40. The topological polar surface area (TPSA) is 81.8 Å². The minimum atomic E-state index is -0.0856. The van der Waals surface area contributed by atoms with E-state index in [2.05, 4.69) is 15.5 Å². The molecule has 7 heteroatoms. The summed E-state index contributed by atoms with van der Waals surface area (Å²) in [5.41, 5.74) is 2.82. The first kappa shape index (κ1) is 17.0. The minimum absolute atomic E-state index is 0.0213. The molecular formula is C19H25N5O2. The molecule has 138 valence electrons. The molecule has 2 aromatic heterocycles. The van der Waals surface area contributed by atoms with Crippen LogP contribution in [0.2, 0.25) is 0 Å². The van der Waals surface area contributed by atoms with Gasteiger partial charge in [-0.25, -0.2) is 4.68 Å². The molecule has 2 aliphatic rings. The van der Waals surface area contributed by atoms with Crippen molar-refractivity contribution in [1.29, 1.82) is 0 Å². The van der Waals surface area contributed by atoms with Crippen molar-refractivity contribution in [3.8, 4) is 0 Å². The van der Waals surface area contributed by atoms with Gasteiger partial charge in [-0.05, 0) is 63.0 Å². The molecule has 2 aromatic rings. The third-order valence-corrected chi connectivity index (χ3v) is 5.66. The van der Waals surface area contributed by atoms with Crippen LogP contribution in [-0.2, 0) is 19.9 Å². The van der Waals surface area contributed by atoms with Gasteiger partial charge in [0.15, 0.2) is 0 Å². The molecule has 2 aliphatic carbocycles. The lowest BCUT2D eigenvalue weighted by Gasteiger charge is -2.30. The van der Waals surface area contributed by atoms with E-state index in [4.69, 9.17) is 0 Å². The lowest BCUT2D eigenvalue weighted by Crippen LogP contribution is -2.40. The van der Waals surface area contributed by atoms with E-state index in [1.165, 1.54) is 0 Å². The third-order valence-electron chi connectivity index (χ3n) is 5.66. The normalized spacial score (nSPS) is 22.7. The molecule has 1 saturated carbocycles. The summed E-state index contributed by atoms with van der Waals surface area (Å²) in [6.45, 7) is 0. The van der Waals surface area contributed by atoms with E-state index in [0.29, 0.717) is 5.69 Å². The predicted octanol–water partition coefficient (Wildman–Crippen LogP) is 1.77. The summed E-state index contributed by atoms with van der Waals surface area (Å²) in [4.78, 5) is 24.8. The SMILES string of the molecule is Cn1nccc1C(=O)NC1CCC(n2nc3c(cc2=O)CCCC3)CC1. The van der Waals surface area contributed by atoms with Gasteiger partial charge in [0.2, 0.25) is 0 Å². The molecule has 0 aliphatic heterocycles. The zero-order chi connectivity index (χ0) is 18.1. The lowest BCUT2D eigenvalue weighted by atomic mass is 9.91. The van der Waals surface area contributed by atoms with Crippen LogP contribution >= 0.6 is 0 Å². The zero-order valence-corrected chi connectivity index (χ0v) is 15.1. The van der Waals surface area contributed by atoms with Crippen LogP contribution in [0.25, 0.3) is 0 Å². The highest BCUT2D eigenvalue weighted by molar-refractivity contribution is 5.92. The smallest absolute Gasteiger partial charge is 0.269 e. The van der Waals surface area contributed by atoms with Gasteiger partial charge in [-0.2, -0.15) is 10.2 Å². The average molecular weight is 355 g/mol. The maximum absolute atomic E-state index is 12.5. The van der Waals surface area contributed by atoms with Gasteiger partial charge >= 0.3 is 0 Å². The fourth-order valence-electron chi connectivity index (χ4n) is 4.16. The first-order valence-electron chi connectivity index (χ1n) is 9.52. The van der Waals surface area contributed by atoms with E-state index in [0.717, 1.165) is 62.6 Å². The van der Waals surface area contributed by atoms with E-state index in [-0.39, 0.29) is 23.6 Å². The van der Waals surface area contributed by atoms with Gasteiger partial charge in [-0.1, -0.05) is 0 Å². The molecule has 0 unspecified atom stereocenters. The monoisotopic (exact) mass is 355 g/mol. The second-order valence-corrected chi connectivity index (χ2v) is 7.43. The molecule has 26 heavy (non-hydrogen) atoms. The Morgan fingerprint density at radius 3 is 2.69 bits per heavy atom. The second-order valence-electron chi connectivity index (χ2n) is 7.43. The second kappa shape index (κ2) is 7.05. The minimum Gasteiger partial charge on any atom is -0.348 e. The van der Waals surface area contributed by atoms with Crippen molar-refractivity contribution in [2.45, 2.75) is 63.5 Å². The summed E-state index contributed by atoms with van der Waals surface area (Å²) in [6.07, 6.45) is 9.34. The van der Waals surface area contributed by atoms with Crippen molar-refractivity contribution in [3.05, 3.63) is 45.6 Å². The van der Waals surface area contributed by atoms with Crippen LogP contribution in [0.4, 0.5) is 0 Å². The maximum Gasteiger partial charge on any atom is 0.269 e. The quantitative estimate of drug-likeness (QED) is 0.910. The Kier molecular flexibility index (Phi) is 4.61. The van der Waals surface area contributed by atoms with Gasteiger partial charge < -0.3 is 5.32 Å². The third kappa shape index (κ3) is 3.30. The van der Waals surface area contributed by atoms with Gasteiger partial charge in [0.25, 0.3) is 11.5 Å². The van der Waals surface area contributed by atoms with Gasteiger partial charge in [0.1, 0.15) is 5.69 Å². The van der Waals surface area contributed by atoms with Crippen molar-refractivity contribution < 1.29 is 4.79 Å². The van der Waals surface area contributed by atoms with Gasteiger partial charge in [-0.3, -0.25) is 14.3 Å². The largest absolute Gasteiger partial charge is 0.348 e. The molecule has 0 bridgehead atoms. The Morgan fingerprint density at radius 1 is 1.19 bits per heavy atom. The van der Waals surface area contributed by atoms with Crippen LogP contribution < -0.4 is 10.9 Å². The van der Waals surface area contributed by atoms with Crippen molar-refractivity contribution in [3.63, 3.8) is 0 Å². The number of fused-ring (bicyclic) bond motifs is 1. The summed E-state index contributed by atoms with van der Waals surface area (Å²) in [7, 11) is 1.76. The maximum atomic E-state index is 12.5. The van der Waals surface area contributed by atoms with Crippen LogP contribution in [0.3, 0.4) is 0 Å². The Hall–Kier alpha value is -2.44. The molecule has 0 saturated heterocycles. The molecule has 0 atom stereocenters. The molecular weight excluding hydrogens is 330 g/mol. The van der Waals surface area contributed by atoms with Crippen molar-refractivity contribution in [1.82, 2.24) is 24.9 Å². The Bertz CT molecular complexity index is 861. The fraction of sp³-hybridized carbons (Fsp3) is 0.579. The molecule has 0 aromatic carbocycles. The van der Waals surface area contributed by atoms with E-state index < -0.39 is 0 Å². The van der Waals surface area contributed by atoms with Crippen molar-refractivity contribution >= 4 is 5.91 Å². The van der Waals surface area contributed by atoms with Crippen molar-refractivity contribution in [2.75, 3.05) is 0 Å². The highest BCUT2D eigenvalue weighted by Crippen LogP contribution is 2.28. The van der Waals surface area contributed by atoms with Gasteiger partial charge in [-0.15, -0.1) is 0 Å². The summed E-state index contributed by atoms with van der Waals surface area (Å²) in [5.74, 6) is -0.0856. The molecule has 1 amide bonds. The van der Waals surface area contributed by atoms with Crippen LogP contribution in [0.5, 0.6) is 0 Å². The van der Waals surface area contributed by atoms with E-state index in [1.54, 1.807) is 34.7 Å². The van der Waals surface area contributed by atoms with E-state index in [1.807, 2.05) is 0 Å². The molecule has 7 nitrogen and oxygen atoms in total. The van der Waals surface area contributed by atoms with E-state index >= 15 is 0 Å². The van der Waals surface area contributed by atoms with Crippen molar-refractivity contribution in [2.24, 2.45) is 7.05 Å². The van der Waals surface area contributed by atoms with Crippen LogP contribution in [0, 0.1) is 0 Å². The van der Waals surface area contributed by atoms with Crippen LogP contribution in [0.1, 0.15) is 66.3 Å². The molecule has 1 N–H and O–H groups in total. The number of carbonyl (C=O) groups is 1. The average Bonchev–Trinajstić information content (AvgIpc) is 3.08. The number of carbonyl (C=O) groups excluding carboxylic acids is 1. The molecule has 4 rings (SSSR count). The van der Waals surface area contributed by atoms with E-state index in [9.17, 15) is 9.59 Å². The van der Waals surface area contributed by atoms with Gasteiger partial charge in [0.05, 0.1) is 11.7 Å². The number of hydrogen-bond acceptors (Lipinski definition) is 4. The molecule has 0 spiro atoms. The summed E-state index contributed by atoms with van der Waals surface area (Å²) in [5, 5.41) is 11.8. The fourth-order valence-corrected chi connectivity index (χ4v) is 4.16.